The average molecular weight is 369 g/mol. The number of piperidine rings is 1. The summed E-state index contributed by atoms with van der Waals surface area (Å²) >= 11 is 1.64. The van der Waals surface area contributed by atoms with Crippen LogP contribution in [-0.2, 0) is 6.42 Å². The zero-order valence-electron chi connectivity index (χ0n) is 15.0. The highest BCUT2D eigenvalue weighted by Gasteiger charge is 2.29. The number of hydrogen-bond acceptors (Lipinski definition) is 3. The molecule has 3 heterocycles. The number of nitrogens with zero attached hydrogens (tertiary/aromatic N) is 2. The van der Waals surface area contributed by atoms with E-state index in [0.717, 1.165) is 42.8 Å². The van der Waals surface area contributed by atoms with Crippen molar-refractivity contribution in [3.05, 3.63) is 52.1 Å². The number of urea groups is 1. The number of carbonyl (C=O) groups excluding carboxylic acids is 1. The number of amides is 2. The number of aromatic nitrogens is 2. The van der Waals surface area contributed by atoms with E-state index in [1.165, 1.54) is 16.6 Å². The molecule has 1 aliphatic heterocycles. The molecule has 2 amide bonds. The highest BCUT2D eigenvalue weighted by atomic mass is 32.1. The summed E-state index contributed by atoms with van der Waals surface area (Å²) in [5.41, 5.74) is 3.63. The summed E-state index contributed by atoms with van der Waals surface area (Å²) in [4.78, 5) is 22.6. The van der Waals surface area contributed by atoms with Crippen molar-refractivity contribution < 1.29 is 4.79 Å². The van der Waals surface area contributed by atoms with Gasteiger partial charge in [0.1, 0.15) is 5.01 Å². The molecule has 1 saturated heterocycles. The highest BCUT2D eigenvalue weighted by molar-refractivity contribution is 7.09. The van der Waals surface area contributed by atoms with Crippen LogP contribution in [0, 0.1) is 6.92 Å². The molecule has 0 bridgehead atoms. The van der Waals surface area contributed by atoms with Crippen LogP contribution < -0.4 is 5.32 Å². The van der Waals surface area contributed by atoms with Crippen LogP contribution in [0.5, 0.6) is 0 Å². The molecule has 2 N–H and O–H groups in total. The Bertz CT molecular complexity index is 886. The molecule has 0 radical (unpaired) electrons. The maximum Gasteiger partial charge on any atom is 0.318 e. The van der Waals surface area contributed by atoms with Gasteiger partial charge in [0.2, 0.25) is 0 Å². The lowest BCUT2D eigenvalue weighted by atomic mass is 10.0. The summed E-state index contributed by atoms with van der Waals surface area (Å²) < 4.78 is 0. The number of hydrogen-bond donors (Lipinski definition) is 2. The molecule has 3 aromatic rings. The Morgan fingerprint density at radius 2 is 2.27 bits per heavy atom. The van der Waals surface area contributed by atoms with Crippen molar-refractivity contribution in [3.8, 4) is 0 Å². The van der Waals surface area contributed by atoms with Crippen molar-refractivity contribution in [2.24, 2.45) is 0 Å². The fourth-order valence-corrected chi connectivity index (χ4v) is 4.67. The van der Waals surface area contributed by atoms with Gasteiger partial charge in [0.15, 0.2) is 0 Å². The van der Waals surface area contributed by atoms with E-state index in [1.807, 2.05) is 22.5 Å². The van der Waals surface area contributed by atoms with E-state index in [1.54, 1.807) is 11.3 Å². The second-order valence-electron chi connectivity index (χ2n) is 6.83. The maximum absolute atomic E-state index is 12.8. The first kappa shape index (κ1) is 17.1. The van der Waals surface area contributed by atoms with Crippen LogP contribution in [0.2, 0.25) is 0 Å². The van der Waals surface area contributed by atoms with Gasteiger partial charge in [0.05, 0.1) is 6.04 Å². The summed E-state index contributed by atoms with van der Waals surface area (Å²) in [6.45, 7) is 3.55. The Labute approximate surface area is 157 Å². The Hall–Kier alpha value is -2.34. The van der Waals surface area contributed by atoms with Crippen LogP contribution in [0.15, 0.2) is 35.8 Å². The van der Waals surface area contributed by atoms with Crippen LogP contribution >= 0.6 is 11.3 Å². The van der Waals surface area contributed by atoms with Crippen molar-refractivity contribution in [1.29, 1.82) is 0 Å². The number of rotatable bonds is 4. The molecule has 1 aromatic carbocycles. The van der Waals surface area contributed by atoms with E-state index < -0.39 is 0 Å². The molecule has 1 atom stereocenters. The molecule has 0 spiro atoms. The number of para-hydroxylation sites is 1. The quantitative estimate of drug-likeness (QED) is 0.716. The molecule has 6 heteroatoms. The van der Waals surface area contributed by atoms with Gasteiger partial charge < -0.3 is 15.2 Å². The zero-order valence-corrected chi connectivity index (χ0v) is 15.8. The predicted octanol–water partition coefficient (Wildman–Crippen LogP) is 4.41. The minimum Gasteiger partial charge on any atom is -0.358 e. The van der Waals surface area contributed by atoms with Crippen LogP contribution in [0.1, 0.15) is 41.6 Å². The van der Waals surface area contributed by atoms with Crippen molar-refractivity contribution in [1.82, 2.24) is 20.2 Å². The van der Waals surface area contributed by atoms with E-state index >= 15 is 0 Å². The van der Waals surface area contributed by atoms with Gasteiger partial charge in [-0.25, -0.2) is 9.78 Å². The van der Waals surface area contributed by atoms with Crippen molar-refractivity contribution in [3.63, 3.8) is 0 Å². The normalized spacial score (nSPS) is 17.6. The van der Waals surface area contributed by atoms with Gasteiger partial charge >= 0.3 is 6.03 Å². The molecule has 4 rings (SSSR count). The molecule has 1 aliphatic rings. The second-order valence-corrected chi connectivity index (χ2v) is 7.76. The second kappa shape index (κ2) is 7.50. The number of thiazole rings is 1. The van der Waals surface area contributed by atoms with Gasteiger partial charge in [-0.3, -0.25) is 0 Å². The Morgan fingerprint density at radius 1 is 1.38 bits per heavy atom. The number of aryl methyl sites for hydroxylation is 1. The maximum atomic E-state index is 12.8. The number of aromatic amines is 1. The molecule has 2 aromatic heterocycles. The van der Waals surface area contributed by atoms with Gasteiger partial charge in [-0.2, -0.15) is 0 Å². The first-order valence-corrected chi connectivity index (χ1v) is 10.1. The lowest BCUT2D eigenvalue weighted by molar-refractivity contribution is 0.151. The lowest BCUT2D eigenvalue weighted by Crippen LogP contribution is -2.45. The van der Waals surface area contributed by atoms with Gasteiger partial charge in [-0.1, -0.05) is 18.2 Å². The Kier molecular flexibility index (Phi) is 4.93. The number of carbonyl (C=O) groups is 1. The largest absolute Gasteiger partial charge is 0.358 e. The molecule has 5 nitrogen and oxygen atoms in total. The van der Waals surface area contributed by atoms with Crippen LogP contribution in [0.3, 0.4) is 0 Å². The van der Waals surface area contributed by atoms with Gasteiger partial charge in [-0.05, 0) is 44.2 Å². The van der Waals surface area contributed by atoms with Crippen molar-refractivity contribution >= 4 is 28.3 Å². The van der Waals surface area contributed by atoms with Gasteiger partial charge in [0, 0.05) is 41.3 Å². The van der Waals surface area contributed by atoms with Crippen LogP contribution in [0.25, 0.3) is 10.9 Å². The van der Waals surface area contributed by atoms with Crippen molar-refractivity contribution in [2.75, 3.05) is 13.1 Å². The smallest absolute Gasteiger partial charge is 0.318 e. The number of fused-ring (bicyclic) bond motifs is 1. The van der Waals surface area contributed by atoms with E-state index in [-0.39, 0.29) is 12.1 Å². The van der Waals surface area contributed by atoms with Crippen LogP contribution in [0.4, 0.5) is 4.79 Å². The minimum atomic E-state index is 0.0300. The average Bonchev–Trinajstić information content (AvgIpc) is 3.30. The predicted molar refractivity (Wildman–Crippen MR) is 106 cm³/mol. The third kappa shape index (κ3) is 3.33. The number of nitrogens with one attached hydrogen (secondary N) is 2. The molecule has 136 valence electrons. The van der Waals surface area contributed by atoms with E-state index in [0.29, 0.717) is 6.54 Å². The molecular weight excluding hydrogens is 344 g/mol. The van der Waals surface area contributed by atoms with Gasteiger partial charge in [-0.15, -0.1) is 11.3 Å². The minimum absolute atomic E-state index is 0.0300. The Morgan fingerprint density at radius 3 is 3.12 bits per heavy atom. The number of likely N-dealkylation sites (tertiary alicyclic amines) is 1. The van der Waals surface area contributed by atoms with E-state index in [4.69, 9.17) is 0 Å². The Balaban J connectivity index is 1.41. The summed E-state index contributed by atoms with van der Waals surface area (Å²) in [6, 6.07) is 8.49. The number of H-pyrrole nitrogens is 1. The monoisotopic (exact) mass is 368 g/mol. The van der Waals surface area contributed by atoms with Gasteiger partial charge in [0.25, 0.3) is 0 Å². The molecule has 1 unspecified atom stereocenters. The molecule has 1 fully saturated rings. The first-order chi connectivity index (χ1) is 12.7. The SMILES string of the molecule is Cc1[nH]c2ccccc2c1CCNC(=O)N1CCCCC1c1nccs1. The van der Waals surface area contributed by atoms with Crippen LogP contribution in [-0.4, -0.2) is 34.0 Å². The third-order valence-corrected chi connectivity index (χ3v) is 6.06. The number of benzene rings is 1. The third-order valence-electron chi connectivity index (χ3n) is 5.18. The summed E-state index contributed by atoms with van der Waals surface area (Å²) in [5.74, 6) is 0. The van der Waals surface area contributed by atoms with E-state index in [2.05, 4.69) is 40.4 Å². The molecule has 0 aliphatic carbocycles. The fourth-order valence-electron chi connectivity index (χ4n) is 3.88. The molecule has 26 heavy (non-hydrogen) atoms. The summed E-state index contributed by atoms with van der Waals surface area (Å²) in [7, 11) is 0. The zero-order chi connectivity index (χ0) is 17.9. The topological polar surface area (TPSA) is 61.0 Å². The highest BCUT2D eigenvalue weighted by Crippen LogP contribution is 2.32. The lowest BCUT2D eigenvalue weighted by Gasteiger charge is -2.34. The van der Waals surface area contributed by atoms with E-state index in [9.17, 15) is 4.79 Å². The fraction of sp³-hybridized carbons (Fsp3) is 0.400. The molecule has 0 saturated carbocycles. The molecular formula is C20H24N4OS. The standard InChI is InChI=1S/C20H24N4OS/c1-14-15(16-6-2-3-7-17(16)23-14)9-10-22-20(25)24-12-5-4-8-18(24)19-21-11-13-26-19/h2-3,6-7,11,13,18,23H,4-5,8-10,12H2,1H3,(H,22,25). The summed E-state index contributed by atoms with van der Waals surface area (Å²) in [6.07, 6.45) is 5.88. The first-order valence-electron chi connectivity index (χ1n) is 9.24. The van der Waals surface area contributed by atoms with Crippen molar-refractivity contribution in [2.45, 2.75) is 38.6 Å². The summed E-state index contributed by atoms with van der Waals surface area (Å²) in [5, 5.41) is 7.41.